The highest BCUT2D eigenvalue weighted by atomic mass is 16.5. The highest BCUT2D eigenvalue weighted by Gasteiger charge is 2.13. The average Bonchev–Trinajstić information content (AvgIpc) is 2.44. The molecule has 0 aromatic carbocycles. The third-order valence-corrected chi connectivity index (χ3v) is 3.71. The van der Waals surface area contributed by atoms with Crippen molar-refractivity contribution in [3.8, 4) is 0 Å². The van der Waals surface area contributed by atoms with E-state index in [1.165, 1.54) is 64.2 Å². The minimum Gasteiger partial charge on any atom is -0.465 e. The number of carbonyl (C=O) groups excluding carboxylic acids is 1. The van der Waals surface area contributed by atoms with E-state index in [-0.39, 0.29) is 5.97 Å². The van der Waals surface area contributed by atoms with E-state index < -0.39 is 6.04 Å². The van der Waals surface area contributed by atoms with Gasteiger partial charge in [-0.3, -0.25) is 4.79 Å². The smallest absolute Gasteiger partial charge is 0.322 e. The van der Waals surface area contributed by atoms with Crippen molar-refractivity contribution < 1.29 is 9.53 Å². The Bertz CT molecular complexity index is 219. The Hall–Kier alpha value is -0.570. The van der Waals surface area contributed by atoms with Crippen LogP contribution in [0.2, 0.25) is 0 Å². The third-order valence-electron chi connectivity index (χ3n) is 3.71. The molecule has 0 heterocycles. The van der Waals surface area contributed by atoms with Crippen LogP contribution in [0.5, 0.6) is 0 Å². The van der Waals surface area contributed by atoms with E-state index in [2.05, 4.69) is 6.92 Å². The van der Waals surface area contributed by atoms with E-state index in [9.17, 15) is 4.79 Å². The molecule has 0 aliphatic rings. The predicted molar refractivity (Wildman–Crippen MR) is 85.7 cm³/mol. The van der Waals surface area contributed by atoms with Gasteiger partial charge in [-0.15, -0.1) is 0 Å². The topological polar surface area (TPSA) is 52.3 Å². The van der Waals surface area contributed by atoms with Crippen LogP contribution in [-0.4, -0.2) is 18.6 Å². The minimum absolute atomic E-state index is 0.250. The number of nitrogens with two attached hydrogens (primary N) is 1. The van der Waals surface area contributed by atoms with Gasteiger partial charge < -0.3 is 10.5 Å². The molecule has 0 saturated carbocycles. The zero-order valence-corrected chi connectivity index (χ0v) is 13.7. The summed E-state index contributed by atoms with van der Waals surface area (Å²) in [6.45, 7) is 4.49. The summed E-state index contributed by atoms with van der Waals surface area (Å²) in [5.74, 6) is -0.250. The summed E-state index contributed by atoms with van der Waals surface area (Å²) in [5.41, 5.74) is 5.75. The second-order valence-corrected chi connectivity index (χ2v) is 5.68. The maximum atomic E-state index is 11.3. The molecular formula is C17H35NO2. The van der Waals surface area contributed by atoms with Gasteiger partial charge in [0.2, 0.25) is 0 Å². The number of unbranched alkanes of at least 4 members (excludes halogenated alkanes) is 10. The van der Waals surface area contributed by atoms with Crippen LogP contribution in [0, 0.1) is 0 Å². The summed E-state index contributed by atoms with van der Waals surface area (Å²) in [4.78, 5) is 11.3. The van der Waals surface area contributed by atoms with Crippen LogP contribution in [0.3, 0.4) is 0 Å². The Morgan fingerprint density at radius 1 is 0.850 bits per heavy atom. The zero-order valence-electron chi connectivity index (χ0n) is 13.7. The van der Waals surface area contributed by atoms with Gasteiger partial charge in [-0.05, 0) is 13.3 Å². The van der Waals surface area contributed by atoms with Crippen LogP contribution in [0.4, 0.5) is 0 Å². The number of hydrogen-bond donors (Lipinski definition) is 1. The monoisotopic (exact) mass is 285 g/mol. The van der Waals surface area contributed by atoms with Crippen molar-refractivity contribution >= 4 is 5.97 Å². The van der Waals surface area contributed by atoms with Gasteiger partial charge in [-0.1, -0.05) is 77.6 Å². The van der Waals surface area contributed by atoms with Gasteiger partial charge in [-0.25, -0.2) is 0 Å². The van der Waals surface area contributed by atoms with E-state index in [0.717, 1.165) is 12.8 Å². The number of esters is 1. The molecule has 0 amide bonds. The van der Waals surface area contributed by atoms with Crippen LogP contribution in [-0.2, 0) is 9.53 Å². The largest absolute Gasteiger partial charge is 0.465 e. The van der Waals surface area contributed by atoms with Crippen molar-refractivity contribution in [2.24, 2.45) is 5.73 Å². The molecule has 0 aliphatic carbocycles. The van der Waals surface area contributed by atoms with Crippen molar-refractivity contribution in [2.45, 2.75) is 96.9 Å². The quantitative estimate of drug-likeness (QED) is 0.375. The fraction of sp³-hybridized carbons (Fsp3) is 0.941. The van der Waals surface area contributed by atoms with E-state index in [1.54, 1.807) is 0 Å². The molecule has 1 unspecified atom stereocenters. The van der Waals surface area contributed by atoms with Crippen LogP contribution >= 0.6 is 0 Å². The molecule has 0 rings (SSSR count). The first-order valence-corrected chi connectivity index (χ1v) is 8.64. The molecule has 0 fully saturated rings. The lowest BCUT2D eigenvalue weighted by Crippen LogP contribution is -2.32. The van der Waals surface area contributed by atoms with Crippen LogP contribution in [0.15, 0.2) is 0 Å². The molecule has 1 atom stereocenters. The number of rotatable bonds is 14. The van der Waals surface area contributed by atoms with Crippen molar-refractivity contribution in [3.63, 3.8) is 0 Å². The summed E-state index contributed by atoms with van der Waals surface area (Å²) in [6, 6.07) is -0.423. The zero-order chi connectivity index (χ0) is 15.1. The highest BCUT2D eigenvalue weighted by molar-refractivity contribution is 5.75. The molecule has 0 aliphatic heterocycles. The first kappa shape index (κ1) is 19.4. The lowest BCUT2D eigenvalue weighted by atomic mass is 10.0. The molecule has 0 saturated heterocycles. The van der Waals surface area contributed by atoms with Crippen molar-refractivity contribution in [2.75, 3.05) is 6.61 Å². The number of ether oxygens (including phenoxy) is 1. The Labute approximate surface area is 125 Å². The summed E-state index contributed by atoms with van der Waals surface area (Å²) >= 11 is 0. The predicted octanol–water partition coefficient (Wildman–Crippen LogP) is 4.58. The van der Waals surface area contributed by atoms with Crippen LogP contribution in [0.25, 0.3) is 0 Å². The Balaban J connectivity index is 3.18. The number of hydrogen-bond acceptors (Lipinski definition) is 3. The first-order valence-electron chi connectivity index (χ1n) is 8.64. The van der Waals surface area contributed by atoms with Gasteiger partial charge in [0, 0.05) is 0 Å². The summed E-state index contributed by atoms with van der Waals surface area (Å²) in [6.07, 6.45) is 15.2. The minimum atomic E-state index is -0.423. The molecule has 0 radical (unpaired) electrons. The Kier molecular flexibility index (Phi) is 14.4. The van der Waals surface area contributed by atoms with E-state index in [0.29, 0.717) is 6.61 Å². The average molecular weight is 285 g/mol. The van der Waals surface area contributed by atoms with Crippen molar-refractivity contribution in [1.82, 2.24) is 0 Å². The van der Waals surface area contributed by atoms with Gasteiger partial charge in [0.05, 0.1) is 6.61 Å². The fourth-order valence-corrected chi connectivity index (χ4v) is 2.40. The summed E-state index contributed by atoms with van der Waals surface area (Å²) in [5, 5.41) is 0. The third kappa shape index (κ3) is 12.5. The van der Waals surface area contributed by atoms with E-state index in [1.807, 2.05) is 6.92 Å². The van der Waals surface area contributed by atoms with Crippen molar-refractivity contribution in [3.05, 3.63) is 0 Å². The van der Waals surface area contributed by atoms with Crippen LogP contribution < -0.4 is 5.73 Å². The number of carbonyl (C=O) groups is 1. The first-order chi connectivity index (χ1) is 9.72. The molecule has 0 spiro atoms. The van der Waals surface area contributed by atoms with Gasteiger partial charge in [0.1, 0.15) is 6.04 Å². The molecule has 0 bridgehead atoms. The molecule has 20 heavy (non-hydrogen) atoms. The standard InChI is InChI=1S/C17H35NO2/c1-3-5-6-7-8-9-10-11-12-13-14-15-16(18)17(19)20-4-2/h16H,3-15,18H2,1-2H3. The SMILES string of the molecule is CCCCCCCCCCCCCC(N)C(=O)OCC. The van der Waals surface area contributed by atoms with Gasteiger partial charge in [0.15, 0.2) is 0 Å². The summed E-state index contributed by atoms with van der Waals surface area (Å²) in [7, 11) is 0. The van der Waals surface area contributed by atoms with Gasteiger partial charge in [-0.2, -0.15) is 0 Å². The van der Waals surface area contributed by atoms with Gasteiger partial charge >= 0.3 is 5.97 Å². The second-order valence-electron chi connectivity index (χ2n) is 5.68. The van der Waals surface area contributed by atoms with E-state index in [4.69, 9.17) is 10.5 Å². The normalized spacial score (nSPS) is 12.3. The van der Waals surface area contributed by atoms with Crippen molar-refractivity contribution in [1.29, 1.82) is 0 Å². The molecule has 0 aromatic rings. The lowest BCUT2D eigenvalue weighted by molar-refractivity contribution is -0.144. The maximum Gasteiger partial charge on any atom is 0.322 e. The lowest BCUT2D eigenvalue weighted by Gasteiger charge is -2.09. The molecular weight excluding hydrogens is 250 g/mol. The molecule has 2 N–H and O–H groups in total. The molecule has 120 valence electrons. The maximum absolute atomic E-state index is 11.3. The van der Waals surface area contributed by atoms with Crippen LogP contribution in [0.1, 0.15) is 90.9 Å². The van der Waals surface area contributed by atoms with Gasteiger partial charge in [0.25, 0.3) is 0 Å². The molecule has 0 aromatic heterocycles. The fourth-order valence-electron chi connectivity index (χ4n) is 2.40. The molecule has 3 heteroatoms. The Morgan fingerprint density at radius 3 is 1.75 bits per heavy atom. The highest BCUT2D eigenvalue weighted by Crippen LogP contribution is 2.12. The second kappa shape index (κ2) is 14.8. The Morgan fingerprint density at radius 2 is 1.30 bits per heavy atom. The van der Waals surface area contributed by atoms with E-state index >= 15 is 0 Å². The molecule has 3 nitrogen and oxygen atoms in total. The summed E-state index contributed by atoms with van der Waals surface area (Å²) < 4.78 is 4.89.